The molecule has 1 N–H and O–H groups in total. The van der Waals surface area contributed by atoms with E-state index in [4.69, 9.17) is 0 Å². The monoisotopic (exact) mass is 376 g/mol. The van der Waals surface area contributed by atoms with Crippen LogP contribution in [0.1, 0.15) is 60.6 Å². The zero-order valence-corrected chi connectivity index (χ0v) is 17.3. The van der Waals surface area contributed by atoms with Crippen molar-refractivity contribution in [1.82, 2.24) is 10.2 Å². The molecular formula is C24H28N2O2. The molecule has 4 nitrogen and oxygen atoms in total. The Morgan fingerprint density at radius 2 is 1.71 bits per heavy atom. The average molecular weight is 377 g/mol. The zero-order chi connectivity index (χ0) is 20.3. The summed E-state index contributed by atoms with van der Waals surface area (Å²) in [6.07, 6.45) is 1.45. The lowest BCUT2D eigenvalue weighted by molar-refractivity contribution is -0.132. The maximum Gasteiger partial charge on any atom is 0.325 e. The van der Waals surface area contributed by atoms with E-state index in [1.165, 1.54) is 10.5 Å². The molecule has 4 rings (SSSR count). The number of nitrogens with zero attached hydrogens (tertiary/aromatic N) is 1. The number of hydrogen-bond donors (Lipinski definition) is 1. The minimum absolute atomic E-state index is 0.0620. The summed E-state index contributed by atoms with van der Waals surface area (Å²) < 4.78 is 0. The van der Waals surface area contributed by atoms with Crippen molar-refractivity contribution in [2.75, 3.05) is 0 Å². The number of urea groups is 1. The first-order valence-corrected chi connectivity index (χ1v) is 9.96. The normalized spacial score (nSPS) is 21.4. The molecule has 0 aromatic heterocycles. The fourth-order valence-electron chi connectivity index (χ4n) is 4.57. The molecule has 1 aliphatic carbocycles. The van der Waals surface area contributed by atoms with Gasteiger partial charge in [-0.15, -0.1) is 0 Å². The third-order valence-corrected chi connectivity index (χ3v) is 6.30. The van der Waals surface area contributed by atoms with Gasteiger partial charge in [-0.2, -0.15) is 0 Å². The second-order valence-corrected chi connectivity index (χ2v) is 9.22. The summed E-state index contributed by atoms with van der Waals surface area (Å²) >= 11 is 0. The molecule has 1 atom stereocenters. The number of nitrogens with one attached hydrogen (secondary N) is 1. The van der Waals surface area contributed by atoms with E-state index in [1.54, 1.807) is 0 Å². The summed E-state index contributed by atoms with van der Waals surface area (Å²) in [5.41, 5.74) is 5.85. The Kier molecular flexibility index (Phi) is 4.14. The fourth-order valence-corrected chi connectivity index (χ4v) is 4.57. The molecule has 0 radical (unpaired) electrons. The Labute approximate surface area is 166 Å². The Morgan fingerprint density at radius 1 is 1.07 bits per heavy atom. The van der Waals surface area contributed by atoms with Crippen molar-refractivity contribution in [2.45, 2.75) is 65.0 Å². The molecule has 1 aliphatic heterocycles. The summed E-state index contributed by atoms with van der Waals surface area (Å²) in [6.45, 7) is 11.0. The van der Waals surface area contributed by atoms with Crippen LogP contribution < -0.4 is 5.32 Å². The first kappa shape index (κ1) is 18.7. The van der Waals surface area contributed by atoms with Crippen molar-refractivity contribution < 1.29 is 9.59 Å². The Hall–Kier alpha value is -2.62. The molecule has 1 unspecified atom stereocenters. The van der Waals surface area contributed by atoms with Crippen molar-refractivity contribution in [3.05, 3.63) is 69.8 Å². The van der Waals surface area contributed by atoms with E-state index in [-0.39, 0.29) is 17.4 Å². The number of imide groups is 1. The van der Waals surface area contributed by atoms with Crippen molar-refractivity contribution in [3.63, 3.8) is 0 Å². The van der Waals surface area contributed by atoms with Gasteiger partial charge in [-0.3, -0.25) is 9.69 Å². The van der Waals surface area contributed by atoms with Crippen LogP contribution in [0, 0.1) is 13.8 Å². The van der Waals surface area contributed by atoms with Gasteiger partial charge in [0.2, 0.25) is 0 Å². The van der Waals surface area contributed by atoms with Crippen molar-refractivity contribution >= 4 is 11.9 Å². The number of fused-ring (bicyclic) bond motifs is 2. The molecule has 146 valence electrons. The van der Waals surface area contributed by atoms with Crippen LogP contribution in [0.25, 0.3) is 0 Å². The smallest absolute Gasteiger partial charge is 0.319 e. The van der Waals surface area contributed by atoms with E-state index in [1.807, 2.05) is 24.3 Å². The van der Waals surface area contributed by atoms with E-state index in [2.05, 4.69) is 52.1 Å². The van der Waals surface area contributed by atoms with Crippen molar-refractivity contribution in [1.29, 1.82) is 0 Å². The summed E-state index contributed by atoms with van der Waals surface area (Å²) in [6, 6.07) is 12.0. The molecule has 4 heteroatoms. The largest absolute Gasteiger partial charge is 0.325 e. The highest BCUT2D eigenvalue weighted by atomic mass is 16.2. The molecule has 1 fully saturated rings. The van der Waals surface area contributed by atoms with Gasteiger partial charge in [-0.1, -0.05) is 57.2 Å². The third-order valence-electron chi connectivity index (χ3n) is 6.30. The summed E-state index contributed by atoms with van der Waals surface area (Å²) in [5.74, 6) is -0.124. The van der Waals surface area contributed by atoms with Crippen molar-refractivity contribution in [3.8, 4) is 0 Å². The van der Waals surface area contributed by atoms with E-state index >= 15 is 0 Å². The van der Waals surface area contributed by atoms with Crippen LogP contribution in [0.5, 0.6) is 0 Å². The van der Waals surface area contributed by atoms with Gasteiger partial charge in [0.25, 0.3) is 5.91 Å². The molecule has 2 aliphatic rings. The van der Waals surface area contributed by atoms with E-state index in [9.17, 15) is 9.59 Å². The third kappa shape index (κ3) is 2.74. The summed E-state index contributed by atoms with van der Waals surface area (Å²) in [7, 11) is 0. The number of rotatable bonds is 2. The van der Waals surface area contributed by atoms with E-state index in [0.717, 1.165) is 34.2 Å². The zero-order valence-electron chi connectivity index (χ0n) is 17.3. The number of carbonyl (C=O) groups excluding carboxylic acids is 2. The maximum absolute atomic E-state index is 13.4. The van der Waals surface area contributed by atoms with Crippen LogP contribution in [0.3, 0.4) is 0 Å². The van der Waals surface area contributed by atoms with Crippen LogP contribution >= 0.6 is 0 Å². The highest BCUT2D eigenvalue weighted by molar-refractivity contribution is 6.08. The van der Waals surface area contributed by atoms with Gasteiger partial charge < -0.3 is 5.32 Å². The average Bonchev–Trinajstić information content (AvgIpc) is 3.10. The molecule has 0 bridgehead atoms. The predicted octanol–water partition coefficient (Wildman–Crippen LogP) is 4.49. The van der Waals surface area contributed by atoms with Crippen LogP contribution in [-0.4, -0.2) is 16.8 Å². The molecule has 2 aromatic carbocycles. The van der Waals surface area contributed by atoms with E-state index in [0.29, 0.717) is 13.0 Å². The van der Waals surface area contributed by atoms with Gasteiger partial charge in [0.05, 0.1) is 6.54 Å². The van der Waals surface area contributed by atoms with Gasteiger partial charge in [-0.25, -0.2) is 4.79 Å². The van der Waals surface area contributed by atoms with Crippen LogP contribution in [0.15, 0.2) is 36.4 Å². The Morgan fingerprint density at radius 3 is 2.36 bits per heavy atom. The fraction of sp³-hybridized carbons (Fsp3) is 0.417. The molecule has 1 spiro atoms. The van der Waals surface area contributed by atoms with Crippen LogP contribution in [0.2, 0.25) is 0 Å². The van der Waals surface area contributed by atoms with Gasteiger partial charge in [0, 0.05) is 0 Å². The highest BCUT2D eigenvalue weighted by Crippen LogP contribution is 2.42. The van der Waals surface area contributed by atoms with Gasteiger partial charge in [0.15, 0.2) is 0 Å². The quantitative estimate of drug-likeness (QED) is 0.785. The molecule has 28 heavy (non-hydrogen) atoms. The highest BCUT2D eigenvalue weighted by Gasteiger charge is 2.55. The number of hydrogen-bond acceptors (Lipinski definition) is 2. The first-order chi connectivity index (χ1) is 13.1. The standard InChI is InChI=1S/C24H28N2O2/c1-15-12-18(23(3,4)5)13-16(2)19(15)14-26-21(27)24(25-22(26)28)11-10-17-8-6-7-9-20(17)24/h6-9,12-13H,10-11,14H2,1-5H3,(H,25,28). The second-order valence-electron chi connectivity index (χ2n) is 9.22. The Balaban J connectivity index is 1.67. The molecule has 1 heterocycles. The van der Waals surface area contributed by atoms with Crippen molar-refractivity contribution in [2.24, 2.45) is 0 Å². The lowest BCUT2D eigenvalue weighted by atomic mass is 9.83. The number of amides is 3. The molecular weight excluding hydrogens is 348 g/mol. The van der Waals surface area contributed by atoms with Gasteiger partial charge in [0.1, 0.15) is 5.54 Å². The lowest BCUT2D eigenvalue weighted by Gasteiger charge is -2.25. The van der Waals surface area contributed by atoms with Gasteiger partial charge >= 0.3 is 6.03 Å². The van der Waals surface area contributed by atoms with Crippen LogP contribution in [-0.2, 0) is 28.7 Å². The molecule has 2 aromatic rings. The van der Waals surface area contributed by atoms with Crippen LogP contribution in [0.4, 0.5) is 4.79 Å². The molecule has 3 amide bonds. The number of aryl methyl sites for hydroxylation is 3. The van der Waals surface area contributed by atoms with E-state index < -0.39 is 5.54 Å². The minimum atomic E-state index is -0.888. The van der Waals surface area contributed by atoms with Gasteiger partial charge in [-0.05, 0) is 65.5 Å². The predicted molar refractivity (Wildman–Crippen MR) is 110 cm³/mol. The molecule has 1 saturated heterocycles. The first-order valence-electron chi connectivity index (χ1n) is 9.96. The minimum Gasteiger partial charge on any atom is -0.319 e. The SMILES string of the molecule is Cc1cc(C(C)(C)C)cc(C)c1CN1C(=O)NC2(CCc3ccccc32)C1=O. The lowest BCUT2D eigenvalue weighted by Crippen LogP contribution is -2.41. The maximum atomic E-state index is 13.4. The number of benzene rings is 2. The number of carbonyl (C=O) groups is 2. The molecule has 0 saturated carbocycles. The Bertz CT molecular complexity index is 963. The summed E-state index contributed by atoms with van der Waals surface area (Å²) in [4.78, 5) is 27.6. The summed E-state index contributed by atoms with van der Waals surface area (Å²) in [5, 5.41) is 3.02. The topological polar surface area (TPSA) is 49.4 Å². The second kappa shape index (κ2) is 6.20.